The number of amides is 2. The molecular formula is C30H41N5O2S. The van der Waals surface area contributed by atoms with Crippen LogP contribution in [0, 0.1) is 13.8 Å². The Labute approximate surface area is 233 Å². The number of carbonyl (C=O) groups is 2. The molecule has 2 aliphatic rings. The number of rotatable bonds is 10. The summed E-state index contributed by atoms with van der Waals surface area (Å²) in [6.07, 6.45) is 6.88. The van der Waals surface area contributed by atoms with Crippen LogP contribution in [0.2, 0.25) is 0 Å². The number of fused-ring (bicyclic) bond motifs is 1. The molecule has 38 heavy (non-hydrogen) atoms. The second-order valence-corrected chi connectivity index (χ2v) is 10.8. The normalized spacial score (nSPS) is 18.5. The van der Waals surface area contributed by atoms with Crippen molar-refractivity contribution < 1.29 is 11.0 Å². The van der Waals surface area contributed by atoms with Crippen LogP contribution in [-0.4, -0.2) is 69.8 Å². The Balaban J connectivity index is 0.00000420. The lowest BCUT2D eigenvalue weighted by Crippen LogP contribution is -2.52. The highest BCUT2D eigenvalue weighted by Gasteiger charge is 2.38. The number of aryl methyl sites for hydroxylation is 2. The van der Waals surface area contributed by atoms with E-state index in [0.29, 0.717) is 36.1 Å². The predicted molar refractivity (Wildman–Crippen MR) is 156 cm³/mol. The first-order valence-corrected chi connectivity index (χ1v) is 14.0. The van der Waals surface area contributed by atoms with E-state index in [-0.39, 0.29) is 25.2 Å². The van der Waals surface area contributed by atoms with Crippen molar-refractivity contribution in [1.82, 2.24) is 25.1 Å². The summed E-state index contributed by atoms with van der Waals surface area (Å²) in [4.78, 5) is 39.2. The number of hydrogen-bond acceptors (Lipinski definition) is 6. The van der Waals surface area contributed by atoms with Crippen LogP contribution in [0.1, 0.15) is 66.4 Å². The molecule has 0 bridgehead atoms. The highest BCUT2D eigenvalue weighted by Crippen LogP contribution is 2.37. The topological polar surface area (TPSA) is 78.4 Å². The quantitative estimate of drug-likeness (QED) is 0.347. The Morgan fingerprint density at radius 1 is 1.24 bits per heavy atom. The summed E-state index contributed by atoms with van der Waals surface area (Å²) in [7, 11) is 0. The van der Waals surface area contributed by atoms with Crippen molar-refractivity contribution in [3.8, 4) is 0 Å². The van der Waals surface area contributed by atoms with E-state index < -0.39 is 0 Å². The molecule has 2 heterocycles. The minimum atomic E-state index is -0.117. The van der Waals surface area contributed by atoms with Gasteiger partial charge in [0.15, 0.2) is 0 Å². The highest BCUT2D eigenvalue weighted by molar-refractivity contribution is 7.83. The zero-order valence-electron chi connectivity index (χ0n) is 22.7. The summed E-state index contributed by atoms with van der Waals surface area (Å²) >= 11 is 4.19. The number of aromatic nitrogens is 2. The monoisotopic (exact) mass is 535 g/mol. The summed E-state index contributed by atoms with van der Waals surface area (Å²) < 4.78 is 0. The lowest BCUT2D eigenvalue weighted by molar-refractivity contribution is -0.136. The van der Waals surface area contributed by atoms with Crippen LogP contribution in [0.25, 0.3) is 0 Å². The van der Waals surface area contributed by atoms with E-state index in [0.717, 1.165) is 44.3 Å². The molecule has 0 radical (unpaired) electrons. The molecule has 2 atom stereocenters. The van der Waals surface area contributed by atoms with Gasteiger partial charge in [-0.3, -0.25) is 9.59 Å². The van der Waals surface area contributed by atoms with Crippen molar-refractivity contribution in [3.05, 3.63) is 82.3 Å². The van der Waals surface area contributed by atoms with Gasteiger partial charge in [0.25, 0.3) is 5.91 Å². The first-order chi connectivity index (χ1) is 18.3. The van der Waals surface area contributed by atoms with Gasteiger partial charge in [-0.15, -0.1) is 0 Å². The van der Waals surface area contributed by atoms with Crippen LogP contribution in [-0.2, 0) is 11.2 Å². The molecule has 0 spiro atoms. The molecule has 1 aliphatic heterocycles. The Hall–Kier alpha value is -2.97. The van der Waals surface area contributed by atoms with E-state index in [1.54, 1.807) is 5.41 Å². The third kappa shape index (κ3) is 6.35. The molecule has 7 nitrogen and oxygen atoms in total. The van der Waals surface area contributed by atoms with Gasteiger partial charge in [0.05, 0.1) is 22.9 Å². The van der Waals surface area contributed by atoms with Gasteiger partial charge in [0.2, 0.25) is 5.91 Å². The fourth-order valence-corrected chi connectivity index (χ4v) is 5.88. The van der Waals surface area contributed by atoms with E-state index in [1.807, 2.05) is 32.1 Å². The first-order valence-electron chi connectivity index (χ1n) is 13.5. The zero-order valence-corrected chi connectivity index (χ0v) is 23.6. The van der Waals surface area contributed by atoms with Crippen LogP contribution in [0.4, 0.5) is 0 Å². The van der Waals surface area contributed by atoms with Crippen molar-refractivity contribution in [1.29, 1.82) is 0 Å². The highest BCUT2D eigenvalue weighted by atomic mass is 32.1. The first kappa shape index (κ1) is 28.0. The van der Waals surface area contributed by atoms with Crippen molar-refractivity contribution in [2.24, 2.45) is 0 Å². The van der Waals surface area contributed by atoms with Crippen molar-refractivity contribution in [3.63, 3.8) is 0 Å². The molecule has 1 aromatic carbocycles. The number of carbonyl (C=O) groups excluding carboxylic acids is 2. The second kappa shape index (κ2) is 12.7. The standard InChI is InChI=1S/C30H39N5O2S.H2/c1-20(12-16-38)18-35(30(37)27-17-24-7-5-6-8-26(24)27)25-10-14-34(15-11-25)21(2)9-13-31-29(36)28-22(3)32-19-33-23(28)4;/h5-8,12,16,19,21,25,27,38H,1,9-11,13-15,17-18H2,2-4H3,(H,31,36);1H/b16-12-;. The summed E-state index contributed by atoms with van der Waals surface area (Å²) in [5, 5.41) is 4.72. The fraction of sp³-hybridized carbons (Fsp3) is 0.467. The minimum Gasteiger partial charge on any atom is -0.352 e. The summed E-state index contributed by atoms with van der Waals surface area (Å²) in [5.41, 5.74) is 5.29. The van der Waals surface area contributed by atoms with Crippen molar-refractivity contribution in [2.45, 2.75) is 64.5 Å². The number of hydrogen-bond donors (Lipinski definition) is 2. The van der Waals surface area contributed by atoms with E-state index in [4.69, 9.17) is 0 Å². The SMILES string of the molecule is C=C(/C=C\S)CN(C(=O)C1Cc2ccccc21)C1CCN(C(C)CCNC(=O)c2c(C)ncnc2C)CC1.[HH]. The number of benzene rings is 1. The van der Waals surface area contributed by atoms with Gasteiger partial charge in [-0.25, -0.2) is 9.97 Å². The molecule has 4 rings (SSSR count). The maximum absolute atomic E-state index is 13.7. The molecule has 1 saturated heterocycles. The van der Waals surface area contributed by atoms with Crippen LogP contribution >= 0.6 is 12.6 Å². The number of thiol groups is 1. The van der Waals surface area contributed by atoms with Crippen LogP contribution in [0.5, 0.6) is 0 Å². The molecule has 1 aromatic heterocycles. The lowest BCUT2D eigenvalue weighted by Gasteiger charge is -2.43. The largest absolute Gasteiger partial charge is 0.352 e. The van der Waals surface area contributed by atoms with Gasteiger partial charge in [-0.05, 0) is 68.6 Å². The van der Waals surface area contributed by atoms with Crippen LogP contribution < -0.4 is 5.32 Å². The van der Waals surface area contributed by atoms with Crippen LogP contribution in [0.15, 0.2) is 54.2 Å². The maximum atomic E-state index is 13.7. The molecule has 0 saturated carbocycles. The van der Waals surface area contributed by atoms with Gasteiger partial charge in [-0.2, -0.15) is 12.6 Å². The number of likely N-dealkylation sites (tertiary alicyclic amines) is 1. The molecule has 2 amide bonds. The molecule has 2 unspecified atom stereocenters. The fourth-order valence-electron chi connectivity index (χ4n) is 5.67. The van der Waals surface area contributed by atoms with Gasteiger partial charge < -0.3 is 15.1 Å². The van der Waals surface area contributed by atoms with Gasteiger partial charge in [0.1, 0.15) is 6.33 Å². The number of piperidine rings is 1. The minimum absolute atomic E-state index is 0. The Kier molecular flexibility index (Phi) is 9.39. The maximum Gasteiger partial charge on any atom is 0.254 e. The predicted octanol–water partition coefficient (Wildman–Crippen LogP) is 4.48. The molecular weight excluding hydrogens is 494 g/mol. The van der Waals surface area contributed by atoms with Crippen LogP contribution in [0.3, 0.4) is 0 Å². The summed E-state index contributed by atoms with van der Waals surface area (Å²) in [6, 6.07) is 8.77. The molecule has 1 N–H and O–H groups in total. The molecule has 1 aliphatic carbocycles. The number of nitrogens with zero attached hydrogens (tertiary/aromatic N) is 4. The lowest BCUT2D eigenvalue weighted by atomic mass is 9.76. The summed E-state index contributed by atoms with van der Waals surface area (Å²) in [6.45, 7) is 13.0. The zero-order chi connectivity index (χ0) is 27.2. The van der Waals surface area contributed by atoms with E-state index in [9.17, 15) is 9.59 Å². The molecule has 2 aromatic rings. The number of nitrogens with one attached hydrogen (secondary N) is 1. The Morgan fingerprint density at radius 3 is 2.58 bits per heavy atom. The average molecular weight is 536 g/mol. The molecule has 204 valence electrons. The summed E-state index contributed by atoms with van der Waals surface area (Å²) in [5.74, 6) is 0.0395. The molecule has 1 fully saturated rings. The average Bonchev–Trinajstić information content (AvgIpc) is 2.88. The van der Waals surface area contributed by atoms with Gasteiger partial charge in [0, 0.05) is 39.7 Å². The third-order valence-electron chi connectivity index (χ3n) is 7.98. The van der Waals surface area contributed by atoms with E-state index in [2.05, 4.69) is 63.3 Å². The Morgan fingerprint density at radius 2 is 1.92 bits per heavy atom. The Bertz CT molecular complexity index is 1190. The van der Waals surface area contributed by atoms with Crippen molar-refractivity contribution in [2.75, 3.05) is 26.2 Å². The molecule has 8 heteroatoms. The van der Waals surface area contributed by atoms with Crippen molar-refractivity contribution >= 4 is 24.4 Å². The third-order valence-corrected chi connectivity index (χ3v) is 8.13. The van der Waals surface area contributed by atoms with Gasteiger partial charge in [-0.1, -0.05) is 36.9 Å². The van der Waals surface area contributed by atoms with E-state index >= 15 is 0 Å². The smallest absolute Gasteiger partial charge is 0.254 e. The van der Waals surface area contributed by atoms with E-state index in [1.165, 1.54) is 17.5 Å². The van der Waals surface area contributed by atoms with Gasteiger partial charge >= 0.3 is 0 Å². The second-order valence-electron chi connectivity index (χ2n) is 10.5.